The molecule has 7 nitrogen and oxygen atoms in total. The molecular formula is C19H19FN4O3. The Morgan fingerprint density at radius 2 is 1.93 bits per heavy atom. The molecule has 1 amide bonds. The van der Waals surface area contributed by atoms with Crippen LogP contribution < -0.4 is 5.32 Å². The zero-order chi connectivity index (χ0) is 19.9. The van der Waals surface area contributed by atoms with Crippen LogP contribution in [-0.4, -0.2) is 31.7 Å². The zero-order valence-corrected chi connectivity index (χ0v) is 15.4. The fourth-order valence-electron chi connectivity index (χ4n) is 3.09. The minimum atomic E-state index is -1.31. The molecule has 8 heteroatoms. The summed E-state index contributed by atoms with van der Waals surface area (Å²) >= 11 is 0. The first-order valence-corrected chi connectivity index (χ1v) is 8.29. The van der Waals surface area contributed by atoms with E-state index in [1.165, 1.54) is 25.1 Å². The molecule has 0 radical (unpaired) electrons. The Balaban J connectivity index is 2.03. The van der Waals surface area contributed by atoms with Crippen molar-refractivity contribution in [3.63, 3.8) is 0 Å². The summed E-state index contributed by atoms with van der Waals surface area (Å²) in [6.45, 7) is 5.04. The van der Waals surface area contributed by atoms with Gasteiger partial charge in [0.05, 0.1) is 16.6 Å². The van der Waals surface area contributed by atoms with E-state index in [4.69, 9.17) is 0 Å². The van der Waals surface area contributed by atoms with Crippen molar-refractivity contribution in [3.8, 4) is 0 Å². The molecule has 1 atom stereocenters. The predicted octanol–water partition coefficient (Wildman–Crippen LogP) is 2.59. The summed E-state index contributed by atoms with van der Waals surface area (Å²) in [5.41, 5.74) is 2.67. The first-order chi connectivity index (χ1) is 12.7. The quantitative estimate of drug-likeness (QED) is 0.736. The number of nitrogens with zero attached hydrogens (tertiary/aromatic N) is 3. The van der Waals surface area contributed by atoms with Crippen LogP contribution in [0.5, 0.6) is 0 Å². The number of carbonyl (C=O) groups excluding carboxylic acids is 1. The zero-order valence-electron chi connectivity index (χ0n) is 15.4. The van der Waals surface area contributed by atoms with Gasteiger partial charge in [0, 0.05) is 12.7 Å². The van der Waals surface area contributed by atoms with Gasteiger partial charge in [-0.2, -0.15) is 5.10 Å². The molecule has 2 N–H and O–H groups in total. The van der Waals surface area contributed by atoms with Crippen LogP contribution in [0, 0.1) is 26.6 Å². The highest BCUT2D eigenvalue weighted by atomic mass is 19.1. The average molecular weight is 370 g/mol. The lowest BCUT2D eigenvalue weighted by Gasteiger charge is -2.16. The molecule has 0 bridgehead atoms. The number of carbonyl (C=O) groups is 2. The highest BCUT2D eigenvalue weighted by molar-refractivity contribution is 6.07. The summed E-state index contributed by atoms with van der Waals surface area (Å²) in [6.07, 6.45) is 0. The molecule has 3 aromatic rings. The Hall–Kier alpha value is -3.29. The SMILES string of the molecule is Cc1cc(C(=O)NC(C(=O)O)c2ccc(F)c(C)c2)c2c(C)nn(C)c2n1. The Morgan fingerprint density at radius 3 is 2.56 bits per heavy atom. The van der Waals surface area contributed by atoms with Gasteiger partial charge in [0.25, 0.3) is 5.91 Å². The van der Waals surface area contributed by atoms with Crippen molar-refractivity contribution in [2.45, 2.75) is 26.8 Å². The molecular weight excluding hydrogens is 351 g/mol. The molecule has 0 saturated heterocycles. The van der Waals surface area contributed by atoms with Crippen LogP contribution >= 0.6 is 0 Å². The summed E-state index contributed by atoms with van der Waals surface area (Å²) in [5.74, 6) is -2.23. The van der Waals surface area contributed by atoms with E-state index in [9.17, 15) is 19.1 Å². The van der Waals surface area contributed by atoms with Crippen molar-refractivity contribution >= 4 is 22.9 Å². The largest absolute Gasteiger partial charge is 0.479 e. The lowest BCUT2D eigenvalue weighted by Crippen LogP contribution is -2.34. The van der Waals surface area contributed by atoms with E-state index < -0.39 is 23.7 Å². The van der Waals surface area contributed by atoms with E-state index in [-0.39, 0.29) is 0 Å². The Labute approximate surface area is 154 Å². The number of rotatable bonds is 4. The van der Waals surface area contributed by atoms with Crippen molar-refractivity contribution in [2.75, 3.05) is 0 Å². The minimum absolute atomic E-state index is 0.291. The van der Waals surface area contributed by atoms with Gasteiger partial charge in [-0.1, -0.05) is 12.1 Å². The highest BCUT2D eigenvalue weighted by Crippen LogP contribution is 2.23. The fraction of sp³-hybridized carbons (Fsp3) is 0.263. The number of aryl methyl sites for hydroxylation is 4. The van der Waals surface area contributed by atoms with E-state index in [0.717, 1.165) is 0 Å². The van der Waals surface area contributed by atoms with Crippen LogP contribution in [0.1, 0.15) is 38.9 Å². The maximum atomic E-state index is 13.5. The van der Waals surface area contributed by atoms with Gasteiger partial charge < -0.3 is 10.4 Å². The van der Waals surface area contributed by atoms with Crippen molar-refractivity contribution in [2.24, 2.45) is 7.05 Å². The van der Waals surface area contributed by atoms with Crippen molar-refractivity contribution in [1.82, 2.24) is 20.1 Å². The number of fused-ring (bicyclic) bond motifs is 1. The number of aliphatic carboxylic acids is 1. The van der Waals surface area contributed by atoms with Gasteiger partial charge in [-0.05, 0) is 44.0 Å². The topological polar surface area (TPSA) is 97.1 Å². The van der Waals surface area contributed by atoms with Crippen LogP contribution in [0.15, 0.2) is 24.3 Å². The van der Waals surface area contributed by atoms with E-state index in [1.54, 1.807) is 31.6 Å². The van der Waals surface area contributed by atoms with E-state index >= 15 is 0 Å². The second kappa shape index (κ2) is 6.79. The van der Waals surface area contributed by atoms with E-state index in [0.29, 0.717) is 39.1 Å². The third-order valence-corrected chi connectivity index (χ3v) is 4.38. The first kappa shape index (κ1) is 18.5. The Morgan fingerprint density at radius 1 is 1.22 bits per heavy atom. The molecule has 140 valence electrons. The van der Waals surface area contributed by atoms with Crippen LogP contribution in [0.4, 0.5) is 4.39 Å². The van der Waals surface area contributed by atoms with Gasteiger partial charge >= 0.3 is 5.97 Å². The maximum absolute atomic E-state index is 13.5. The van der Waals surface area contributed by atoms with Crippen molar-refractivity contribution < 1.29 is 19.1 Å². The predicted molar refractivity (Wildman–Crippen MR) is 97.0 cm³/mol. The lowest BCUT2D eigenvalue weighted by molar-refractivity contribution is -0.139. The van der Waals surface area contributed by atoms with Crippen LogP contribution in [-0.2, 0) is 11.8 Å². The number of amides is 1. The first-order valence-electron chi connectivity index (χ1n) is 8.29. The van der Waals surface area contributed by atoms with E-state index in [1.807, 2.05) is 0 Å². The summed E-state index contributed by atoms with van der Waals surface area (Å²) < 4.78 is 15.1. The number of hydrogen-bond acceptors (Lipinski definition) is 4. The third kappa shape index (κ3) is 3.38. The van der Waals surface area contributed by atoms with E-state index in [2.05, 4.69) is 15.4 Å². The second-order valence-electron chi connectivity index (χ2n) is 6.47. The summed E-state index contributed by atoms with van der Waals surface area (Å²) in [4.78, 5) is 29.0. The van der Waals surface area contributed by atoms with Crippen molar-refractivity contribution in [1.29, 1.82) is 0 Å². The molecule has 0 fully saturated rings. The molecule has 0 saturated carbocycles. The fourth-order valence-corrected chi connectivity index (χ4v) is 3.09. The minimum Gasteiger partial charge on any atom is -0.479 e. The second-order valence-corrected chi connectivity index (χ2v) is 6.47. The molecule has 0 aliphatic rings. The molecule has 0 aliphatic carbocycles. The normalized spacial score (nSPS) is 12.2. The van der Waals surface area contributed by atoms with Gasteiger partial charge in [-0.3, -0.25) is 9.48 Å². The molecule has 0 spiro atoms. The molecule has 1 aromatic carbocycles. The number of pyridine rings is 1. The smallest absolute Gasteiger partial charge is 0.330 e. The summed E-state index contributed by atoms with van der Waals surface area (Å²) in [5, 5.41) is 17.0. The number of carboxylic acids is 1. The Kier molecular flexibility index (Phi) is 4.65. The van der Waals surface area contributed by atoms with Crippen LogP contribution in [0.25, 0.3) is 11.0 Å². The number of hydrogen-bond donors (Lipinski definition) is 2. The summed E-state index contributed by atoms with van der Waals surface area (Å²) in [7, 11) is 1.73. The third-order valence-electron chi connectivity index (χ3n) is 4.38. The summed E-state index contributed by atoms with van der Waals surface area (Å²) in [6, 6.07) is 4.24. The standard InChI is InChI=1S/C19H19FN4O3/c1-9-7-12(5-6-14(9)20)16(19(26)27)22-18(25)13-8-10(2)21-17-15(13)11(3)23-24(17)4/h5-8,16H,1-4H3,(H,22,25)(H,26,27). The van der Waals surface area contributed by atoms with Crippen LogP contribution in [0.2, 0.25) is 0 Å². The molecule has 3 rings (SSSR count). The number of nitrogens with one attached hydrogen (secondary N) is 1. The molecule has 0 aliphatic heterocycles. The molecule has 1 unspecified atom stereocenters. The van der Waals surface area contributed by atoms with Gasteiger partial charge in [0.2, 0.25) is 0 Å². The lowest BCUT2D eigenvalue weighted by atomic mass is 10.0. The van der Waals surface area contributed by atoms with Crippen molar-refractivity contribution in [3.05, 3.63) is 58.2 Å². The van der Waals surface area contributed by atoms with Gasteiger partial charge in [0.15, 0.2) is 11.7 Å². The van der Waals surface area contributed by atoms with Gasteiger partial charge in [-0.15, -0.1) is 0 Å². The average Bonchev–Trinajstić information content (AvgIpc) is 2.88. The molecule has 2 heterocycles. The number of benzene rings is 1. The molecule has 2 aromatic heterocycles. The van der Waals surface area contributed by atoms with Gasteiger partial charge in [0.1, 0.15) is 5.82 Å². The van der Waals surface area contributed by atoms with Gasteiger partial charge in [-0.25, -0.2) is 14.2 Å². The number of carboxylic acid groups (broad SMARTS) is 1. The monoisotopic (exact) mass is 370 g/mol. The highest BCUT2D eigenvalue weighted by Gasteiger charge is 2.25. The Bertz CT molecular complexity index is 1070. The van der Waals surface area contributed by atoms with Crippen LogP contribution in [0.3, 0.4) is 0 Å². The number of halogens is 1. The maximum Gasteiger partial charge on any atom is 0.330 e. The molecule has 27 heavy (non-hydrogen) atoms. The number of aromatic nitrogens is 3.